The number of carbonyl (C=O) groups is 1. The second-order valence-corrected chi connectivity index (χ2v) is 10.6. The standard InChI is InChI=1S/C27H34N4OS/c1-4-29-16-13-21-22-17-31(27(32)28-14-12-19(2)3)25(20-9-6-5-7-10-20)23-11-8-15-30(23)26(22)33-24(21)18-29/h5-11,15,19,25H,4,12-14,16-18H2,1-3H3,(H,28,32). The van der Waals surface area contributed by atoms with Crippen LogP contribution in [0.2, 0.25) is 0 Å². The summed E-state index contributed by atoms with van der Waals surface area (Å²) in [6.45, 7) is 11.2. The average molecular weight is 463 g/mol. The van der Waals surface area contributed by atoms with E-state index in [2.05, 4.69) is 83.0 Å². The molecule has 1 unspecified atom stereocenters. The minimum Gasteiger partial charge on any atom is -0.338 e. The van der Waals surface area contributed by atoms with E-state index in [1.54, 1.807) is 0 Å². The van der Waals surface area contributed by atoms with Gasteiger partial charge in [-0.25, -0.2) is 4.79 Å². The van der Waals surface area contributed by atoms with Gasteiger partial charge in [0.15, 0.2) is 0 Å². The van der Waals surface area contributed by atoms with E-state index in [4.69, 9.17) is 0 Å². The third kappa shape index (κ3) is 4.22. The summed E-state index contributed by atoms with van der Waals surface area (Å²) in [5, 5.41) is 4.51. The molecule has 0 bridgehead atoms. The van der Waals surface area contributed by atoms with E-state index in [0.29, 0.717) is 19.0 Å². The number of hydrogen-bond acceptors (Lipinski definition) is 3. The van der Waals surface area contributed by atoms with E-state index in [1.807, 2.05) is 17.4 Å². The summed E-state index contributed by atoms with van der Waals surface area (Å²) >= 11 is 1.91. The summed E-state index contributed by atoms with van der Waals surface area (Å²) in [6.07, 6.45) is 4.21. The second-order valence-electron chi connectivity index (χ2n) is 9.56. The Labute approximate surface area is 201 Å². The van der Waals surface area contributed by atoms with E-state index in [9.17, 15) is 4.79 Å². The number of aromatic nitrogens is 1. The third-order valence-corrected chi connectivity index (χ3v) is 8.22. The van der Waals surface area contributed by atoms with Crippen LogP contribution in [0.3, 0.4) is 0 Å². The fourth-order valence-electron chi connectivity index (χ4n) is 5.10. The van der Waals surface area contributed by atoms with Crippen LogP contribution in [-0.4, -0.2) is 40.0 Å². The van der Waals surface area contributed by atoms with Gasteiger partial charge in [-0.15, -0.1) is 11.3 Å². The number of nitrogens with one attached hydrogen (secondary N) is 1. The van der Waals surface area contributed by atoms with Crippen molar-refractivity contribution in [1.29, 1.82) is 0 Å². The van der Waals surface area contributed by atoms with Crippen molar-refractivity contribution in [3.8, 4) is 5.00 Å². The van der Waals surface area contributed by atoms with E-state index in [1.165, 1.54) is 21.0 Å². The number of rotatable bonds is 5. The minimum absolute atomic E-state index is 0.0241. The predicted octanol–water partition coefficient (Wildman–Crippen LogP) is 5.58. The quantitative estimate of drug-likeness (QED) is 0.538. The average Bonchev–Trinajstić information content (AvgIpc) is 3.40. The number of fused-ring (bicyclic) bond motifs is 5. The zero-order chi connectivity index (χ0) is 22.9. The Morgan fingerprint density at radius 3 is 2.70 bits per heavy atom. The highest BCUT2D eigenvalue weighted by molar-refractivity contribution is 7.15. The third-order valence-electron chi connectivity index (χ3n) is 6.96. The Morgan fingerprint density at radius 1 is 1.12 bits per heavy atom. The molecule has 174 valence electrons. The van der Waals surface area contributed by atoms with Crippen molar-refractivity contribution in [2.24, 2.45) is 5.92 Å². The van der Waals surface area contributed by atoms with Crippen LogP contribution in [0.1, 0.15) is 60.5 Å². The molecule has 1 atom stereocenters. The van der Waals surface area contributed by atoms with Crippen molar-refractivity contribution in [2.75, 3.05) is 19.6 Å². The zero-order valence-electron chi connectivity index (χ0n) is 19.9. The Morgan fingerprint density at radius 2 is 1.94 bits per heavy atom. The smallest absolute Gasteiger partial charge is 0.318 e. The number of benzene rings is 1. The van der Waals surface area contributed by atoms with Gasteiger partial charge in [-0.05, 0) is 48.6 Å². The zero-order valence-corrected chi connectivity index (χ0v) is 20.7. The van der Waals surface area contributed by atoms with E-state index in [0.717, 1.165) is 43.7 Å². The first kappa shape index (κ1) is 22.2. The van der Waals surface area contributed by atoms with Gasteiger partial charge in [0.2, 0.25) is 0 Å². The lowest BCUT2D eigenvalue weighted by Crippen LogP contribution is -2.42. The first-order valence-electron chi connectivity index (χ1n) is 12.2. The molecule has 33 heavy (non-hydrogen) atoms. The second kappa shape index (κ2) is 9.35. The summed E-state index contributed by atoms with van der Waals surface area (Å²) in [5.41, 5.74) is 5.11. The normalized spacial score (nSPS) is 17.9. The summed E-state index contributed by atoms with van der Waals surface area (Å²) < 4.78 is 2.34. The molecule has 0 fully saturated rings. The van der Waals surface area contributed by atoms with Crippen molar-refractivity contribution in [2.45, 2.75) is 52.7 Å². The van der Waals surface area contributed by atoms with Crippen LogP contribution in [0, 0.1) is 5.92 Å². The van der Waals surface area contributed by atoms with Crippen molar-refractivity contribution in [1.82, 2.24) is 19.7 Å². The molecule has 2 aromatic heterocycles. The lowest BCUT2D eigenvalue weighted by atomic mass is 10.00. The van der Waals surface area contributed by atoms with Crippen molar-refractivity contribution in [3.05, 3.63) is 75.9 Å². The van der Waals surface area contributed by atoms with Gasteiger partial charge in [0.05, 0.1) is 18.3 Å². The molecule has 2 amide bonds. The largest absolute Gasteiger partial charge is 0.338 e. The molecule has 0 saturated heterocycles. The summed E-state index contributed by atoms with van der Waals surface area (Å²) in [4.78, 5) is 19.7. The lowest BCUT2D eigenvalue weighted by molar-refractivity contribution is 0.179. The summed E-state index contributed by atoms with van der Waals surface area (Å²) in [5.74, 6) is 0.564. The number of hydrogen-bond donors (Lipinski definition) is 1. The molecule has 0 spiro atoms. The van der Waals surface area contributed by atoms with E-state index < -0.39 is 0 Å². The summed E-state index contributed by atoms with van der Waals surface area (Å²) in [7, 11) is 0. The number of nitrogens with zero attached hydrogens (tertiary/aromatic N) is 3. The van der Waals surface area contributed by atoms with Gasteiger partial charge in [-0.1, -0.05) is 51.1 Å². The molecule has 3 aromatic rings. The van der Waals surface area contributed by atoms with Crippen LogP contribution in [-0.2, 0) is 19.5 Å². The number of amides is 2. The lowest BCUT2D eigenvalue weighted by Gasteiger charge is -2.32. The molecular weight excluding hydrogens is 428 g/mol. The van der Waals surface area contributed by atoms with Gasteiger partial charge in [0.25, 0.3) is 0 Å². The van der Waals surface area contributed by atoms with Crippen LogP contribution in [0.4, 0.5) is 4.79 Å². The van der Waals surface area contributed by atoms with Gasteiger partial charge in [-0.2, -0.15) is 0 Å². The maximum Gasteiger partial charge on any atom is 0.318 e. The Hall–Kier alpha value is -2.57. The van der Waals surface area contributed by atoms with Gasteiger partial charge >= 0.3 is 6.03 Å². The molecule has 5 rings (SSSR count). The molecule has 6 heteroatoms. The molecule has 2 aliphatic heterocycles. The number of thiophene rings is 1. The molecule has 0 aliphatic carbocycles. The first-order valence-corrected chi connectivity index (χ1v) is 13.0. The molecule has 1 aromatic carbocycles. The topological polar surface area (TPSA) is 40.5 Å². The van der Waals surface area contributed by atoms with Crippen molar-refractivity contribution in [3.63, 3.8) is 0 Å². The van der Waals surface area contributed by atoms with Crippen molar-refractivity contribution >= 4 is 17.4 Å². The van der Waals surface area contributed by atoms with Crippen LogP contribution in [0.5, 0.6) is 0 Å². The van der Waals surface area contributed by atoms with Crippen LogP contribution >= 0.6 is 11.3 Å². The van der Waals surface area contributed by atoms with E-state index in [-0.39, 0.29) is 12.1 Å². The van der Waals surface area contributed by atoms with Crippen molar-refractivity contribution < 1.29 is 4.79 Å². The molecule has 0 saturated carbocycles. The fraction of sp³-hybridized carbons (Fsp3) is 0.444. The van der Waals surface area contributed by atoms with E-state index >= 15 is 0 Å². The Kier molecular flexibility index (Phi) is 6.30. The van der Waals surface area contributed by atoms with Gasteiger partial charge in [-0.3, -0.25) is 4.90 Å². The number of carbonyl (C=O) groups excluding carboxylic acids is 1. The van der Waals surface area contributed by atoms with Gasteiger partial charge in [0, 0.05) is 36.3 Å². The highest BCUT2D eigenvalue weighted by atomic mass is 32.1. The Bertz CT molecular complexity index is 1120. The highest BCUT2D eigenvalue weighted by Crippen LogP contribution is 2.43. The fourth-order valence-corrected chi connectivity index (χ4v) is 6.51. The molecule has 4 heterocycles. The van der Waals surface area contributed by atoms with Crippen LogP contribution in [0.15, 0.2) is 48.7 Å². The summed E-state index contributed by atoms with van der Waals surface area (Å²) in [6, 6.07) is 14.7. The molecular formula is C27H34N4OS. The monoisotopic (exact) mass is 462 g/mol. The maximum atomic E-state index is 13.6. The molecule has 1 N–H and O–H groups in total. The maximum absolute atomic E-state index is 13.6. The Balaban J connectivity index is 1.59. The number of urea groups is 1. The SMILES string of the molecule is CCN1CCc2c(sc3c2CN(C(=O)NCCC(C)C)C(c2ccccc2)c2cccn2-3)C1. The van der Waals surface area contributed by atoms with Gasteiger partial charge < -0.3 is 14.8 Å². The number of likely N-dealkylation sites (N-methyl/N-ethyl adjacent to an activating group) is 1. The highest BCUT2D eigenvalue weighted by Gasteiger charge is 2.36. The molecule has 0 radical (unpaired) electrons. The molecule has 2 aliphatic rings. The predicted molar refractivity (Wildman–Crippen MR) is 135 cm³/mol. The van der Waals surface area contributed by atoms with Crippen LogP contribution < -0.4 is 5.32 Å². The minimum atomic E-state index is -0.119. The molecule has 5 nitrogen and oxygen atoms in total. The van der Waals surface area contributed by atoms with Crippen LogP contribution in [0.25, 0.3) is 5.00 Å². The van der Waals surface area contributed by atoms with Gasteiger partial charge in [0.1, 0.15) is 5.00 Å². The first-order chi connectivity index (χ1) is 16.1.